The van der Waals surface area contributed by atoms with Crippen molar-refractivity contribution in [1.29, 1.82) is 0 Å². The number of nitrogens with zero attached hydrogens (tertiary/aromatic N) is 3. The van der Waals surface area contributed by atoms with Crippen molar-refractivity contribution < 1.29 is 19.3 Å². The van der Waals surface area contributed by atoms with Crippen molar-refractivity contribution in [3.8, 4) is 0 Å². The minimum absolute atomic E-state index is 0.0126. The average Bonchev–Trinajstić information content (AvgIpc) is 3.02. The topological polar surface area (TPSA) is 101 Å². The zero-order valence-corrected chi connectivity index (χ0v) is 19.0. The molecule has 1 saturated carbocycles. The van der Waals surface area contributed by atoms with E-state index in [0.29, 0.717) is 18.8 Å². The lowest BCUT2D eigenvalue weighted by Gasteiger charge is -2.30. The summed E-state index contributed by atoms with van der Waals surface area (Å²) in [5.74, 6) is -1.91. The van der Waals surface area contributed by atoms with E-state index < -0.39 is 22.7 Å². The van der Waals surface area contributed by atoms with Crippen molar-refractivity contribution in [3.05, 3.63) is 74.2 Å². The van der Waals surface area contributed by atoms with Gasteiger partial charge < -0.3 is 0 Å². The van der Waals surface area contributed by atoms with Crippen LogP contribution in [-0.4, -0.2) is 32.7 Å². The number of benzene rings is 2. The molecule has 0 radical (unpaired) electrons. The van der Waals surface area contributed by atoms with Crippen LogP contribution in [0.2, 0.25) is 0 Å². The summed E-state index contributed by atoms with van der Waals surface area (Å²) in [5, 5.41) is 13.3. The lowest BCUT2D eigenvalue weighted by Crippen LogP contribution is -2.49. The van der Waals surface area contributed by atoms with Gasteiger partial charge in [-0.15, -0.1) is 0 Å². The number of nitro groups is 1. The Balaban J connectivity index is 1.72. The van der Waals surface area contributed by atoms with Gasteiger partial charge in [-0.3, -0.25) is 24.5 Å². The van der Waals surface area contributed by atoms with E-state index in [-0.39, 0.29) is 29.6 Å². The molecule has 4 rings (SSSR count). The third kappa shape index (κ3) is 4.17. The molecule has 1 aliphatic carbocycles. The van der Waals surface area contributed by atoms with Crippen LogP contribution in [0.5, 0.6) is 0 Å². The number of non-ortho nitro benzene ring substituents is 1. The molecule has 166 valence electrons. The maximum absolute atomic E-state index is 13.5. The Hall–Kier alpha value is -3.07. The molecule has 2 fully saturated rings. The van der Waals surface area contributed by atoms with Gasteiger partial charge in [0, 0.05) is 22.2 Å². The Morgan fingerprint density at radius 3 is 2.50 bits per heavy atom. The lowest BCUT2D eigenvalue weighted by molar-refractivity contribution is -0.384. The van der Waals surface area contributed by atoms with E-state index in [2.05, 4.69) is 22.9 Å². The third-order valence-electron chi connectivity index (χ3n) is 6.19. The van der Waals surface area contributed by atoms with Gasteiger partial charge in [-0.25, -0.2) is 5.01 Å². The number of hydrazine groups is 1. The first-order chi connectivity index (χ1) is 15.3. The fraction of sp³-hybridized carbons (Fsp3) is 0.348. The summed E-state index contributed by atoms with van der Waals surface area (Å²) in [7, 11) is 0. The molecular weight excluding hydrogens is 478 g/mol. The zero-order chi connectivity index (χ0) is 23.0. The summed E-state index contributed by atoms with van der Waals surface area (Å²) in [6.45, 7) is 2.05. The highest BCUT2D eigenvalue weighted by Gasteiger charge is 2.52. The normalized spacial score (nSPS) is 22.6. The molecule has 9 heteroatoms. The number of nitro benzene ring substituents is 1. The molecule has 1 aliphatic heterocycles. The minimum atomic E-state index is -0.634. The lowest BCUT2D eigenvalue weighted by atomic mass is 9.76. The van der Waals surface area contributed by atoms with Crippen LogP contribution >= 0.6 is 15.9 Å². The molecule has 2 aromatic carbocycles. The summed E-state index contributed by atoms with van der Waals surface area (Å²) >= 11 is 3.37. The highest BCUT2D eigenvalue weighted by Crippen LogP contribution is 2.41. The number of amides is 3. The van der Waals surface area contributed by atoms with Crippen LogP contribution in [-0.2, 0) is 16.1 Å². The van der Waals surface area contributed by atoms with Gasteiger partial charge in [0.2, 0.25) is 0 Å². The van der Waals surface area contributed by atoms with E-state index in [1.54, 1.807) is 24.3 Å². The van der Waals surface area contributed by atoms with Crippen LogP contribution in [0.1, 0.15) is 42.1 Å². The molecule has 0 spiro atoms. The van der Waals surface area contributed by atoms with Crippen LogP contribution in [0, 0.1) is 27.9 Å². The van der Waals surface area contributed by atoms with Crippen LogP contribution in [0.4, 0.5) is 5.69 Å². The Labute approximate surface area is 193 Å². The van der Waals surface area contributed by atoms with E-state index in [9.17, 15) is 24.5 Å². The highest BCUT2D eigenvalue weighted by atomic mass is 79.9. The summed E-state index contributed by atoms with van der Waals surface area (Å²) in [6.07, 6.45) is 2.09. The van der Waals surface area contributed by atoms with Crippen molar-refractivity contribution >= 4 is 39.3 Å². The first kappa shape index (κ1) is 22.1. The SMILES string of the molecule is C[C@@H]1CC[C@@H]2C(=O)N(N(Cc3ccc(Br)cc3)C(=O)c3cccc([N+](=O)[O-])c3)C(=O)[C@H]2C1. The molecule has 0 unspecified atom stereocenters. The van der Waals surface area contributed by atoms with Gasteiger partial charge in [-0.2, -0.15) is 5.01 Å². The Morgan fingerprint density at radius 2 is 1.81 bits per heavy atom. The predicted octanol–water partition coefficient (Wildman–Crippen LogP) is 4.34. The molecule has 1 saturated heterocycles. The molecule has 0 aromatic heterocycles. The number of carbonyl (C=O) groups excluding carboxylic acids is 3. The Kier molecular flexibility index (Phi) is 6.10. The summed E-state index contributed by atoms with van der Waals surface area (Å²) in [6, 6.07) is 12.5. The smallest absolute Gasteiger partial charge is 0.272 e. The highest BCUT2D eigenvalue weighted by molar-refractivity contribution is 9.10. The van der Waals surface area contributed by atoms with Gasteiger partial charge in [-0.1, -0.05) is 41.1 Å². The number of hydrogen-bond acceptors (Lipinski definition) is 5. The monoisotopic (exact) mass is 499 g/mol. The van der Waals surface area contributed by atoms with Gasteiger partial charge in [0.25, 0.3) is 23.4 Å². The molecule has 8 nitrogen and oxygen atoms in total. The van der Waals surface area contributed by atoms with Crippen LogP contribution < -0.4 is 0 Å². The summed E-state index contributed by atoms with van der Waals surface area (Å²) < 4.78 is 0.853. The number of carbonyl (C=O) groups is 3. The minimum Gasteiger partial charge on any atom is -0.272 e. The van der Waals surface area contributed by atoms with Crippen LogP contribution in [0.25, 0.3) is 0 Å². The van der Waals surface area contributed by atoms with Crippen molar-refractivity contribution in [1.82, 2.24) is 10.0 Å². The number of halogens is 1. The van der Waals surface area contributed by atoms with E-state index >= 15 is 0 Å². The second kappa shape index (κ2) is 8.82. The van der Waals surface area contributed by atoms with E-state index in [1.165, 1.54) is 18.2 Å². The zero-order valence-electron chi connectivity index (χ0n) is 17.4. The molecule has 0 bridgehead atoms. The number of fused-ring (bicyclic) bond motifs is 1. The number of imide groups is 1. The second-order valence-electron chi connectivity index (χ2n) is 8.42. The third-order valence-corrected chi connectivity index (χ3v) is 6.72. The van der Waals surface area contributed by atoms with Gasteiger partial charge in [0.05, 0.1) is 23.3 Å². The number of hydrogen-bond donors (Lipinski definition) is 0. The van der Waals surface area contributed by atoms with Crippen molar-refractivity contribution in [2.45, 2.75) is 32.7 Å². The van der Waals surface area contributed by atoms with Gasteiger partial charge in [0.1, 0.15) is 0 Å². The van der Waals surface area contributed by atoms with Crippen molar-refractivity contribution in [2.24, 2.45) is 17.8 Å². The van der Waals surface area contributed by atoms with Gasteiger partial charge in [-0.05, 0) is 48.9 Å². The van der Waals surface area contributed by atoms with Crippen LogP contribution in [0.3, 0.4) is 0 Å². The number of rotatable bonds is 5. The predicted molar refractivity (Wildman–Crippen MR) is 119 cm³/mol. The second-order valence-corrected chi connectivity index (χ2v) is 9.33. The molecule has 0 N–H and O–H groups in total. The maximum atomic E-state index is 13.5. The standard InChI is InChI=1S/C23H22BrN3O5/c1-14-5-10-19-20(11-14)23(30)26(22(19)29)25(13-15-6-8-17(24)9-7-15)21(28)16-3-2-4-18(12-16)27(31)32/h2-4,6-9,12,14,19-20H,5,10-11,13H2,1H3/t14-,19+,20+/m1/s1. The summed E-state index contributed by atoms with van der Waals surface area (Å²) in [4.78, 5) is 50.6. The molecule has 32 heavy (non-hydrogen) atoms. The van der Waals surface area contributed by atoms with E-state index in [1.807, 2.05) is 0 Å². The van der Waals surface area contributed by atoms with Gasteiger partial charge in [0.15, 0.2) is 0 Å². The molecule has 3 amide bonds. The van der Waals surface area contributed by atoms with E-state index in [0.717, 1.165) is 32.5 Å². The van der Waals surface area contributed by atoms with Crippen molar-refractivity contribution in [3.63, 3.8) is 0 Å². The first-order valence-electron chi connectivity index (χ1n) is 10.4. The molecule has 1 heterocycles. The maximum Gasteiger partial charge on any atom is 0.273 e. The van der Waals surface area contributed by atoms with Crippen LogP contribution in [0.15, 0.2) is 53.0 Å². The largest absolute Gasteiger partial charge is 0.273 e. The molecular formula is C23H22BrN3O5. The molecule has 2 aliphatic rings. The molecule has 2 aromatic rings. The Morgan fingerprint density at radius 1 is 1.12 bits per heavy atom. The van der Waals surface area contributed by atoms with E-state index in [4.69, 9.17) is 0 Å². The quantitative estimate of drug-likeness (QED) is 0.346. The van der Waals surface area contributed by atoms with Crippen molar-refractivity contribution in [2.75, 3.05) is 0 Å². The fourth-order valence-corrected chi connectivity index (χ4v) is 4.77. The molecule has 3 atom stereocenters. The average molecular weight is 500 g/mol. The first-order valence-corrected chi connectivity index (χ1v) is 11.2. The Bertz CT molecular complexity index is 1090. The fourth-order valence-electron chi connectivity index (χ4n) is 4.51. The summed E-state index contributed by atoms with van der Waals surface area (Å²) in [5.41, 5.74) is 0.525. The van der Waals surface area contributed by atoms with Gasteiger partial charge >= 0.3 is 0 Å².